The van der Waals surface area contributed by atoms with Crippen LogP contribution >= 0.6 is 11.8 Å². The maximum absolute atomic E-state index is 14.3. The van der Waals surface area contributed by atoms with Crippen LogP contribution in [0.4, 0.5) is 10.1 Å². The summed E-state index contributed by atoms with van der Waals surface area (Å²) in [7, 11) is 1.62. The number of carbonyl (C=O) groups is 1. The lowest BCUT2D eigenvalue weighted by Crippen LogP contribution is -2.24. The number of thioether (sulfide) groups is 1. The third-order valence-electron chi connectivity index (χ3n) is 5.36. The lowest BCUT2D eigenvalue weighted by Gasteiger charge is -2.08. The molecule has 0 atom stereocenters. The zero-order valence-corrected chi connectivity index (χ0v) is 18.8. The Hall–Kier alpha value is -3.59. The third kappa shape index (κ3) is 3.64. The molecule has 2 heterocycles. The number of aromatic nitrogens is 3. The van der Waals surface area contributed by atoms with Crippen LogP contribution in [0.1, 0.15) is 21.7 Å². The molecule has 9 heteroatoms. The van der Waals surface area contributed by atoms with Crippen LogP contribution in [0.15, 0.2) is 62.7 Å². The molecule has 0 aliphatic heterocycles. The number of nitrogens with one attached hydrogen (secondary N) is 1. The first-order valence-electron chi connectivity index (χ1n) is 9.79. The van der Waals surface area contributed by atoms with Gasteiger partial charge in [-0.3, -0.25) is 14.3 Å². The van der Waals surface area contributed by atoms with Crippen molar-refractivity contribution in [3.8, 4) is 17.0 Å². The van der Waals surface area contributed by atoms with E-state index in [0.29, 0.717) is 17.0 Å². The molecule has 2 aromatic heterocycles. The van der Waals surface area contributed by atoms with Crippen LogP contribution in [0.2, 0.25) is 0 Å². The van der Waals surface area contributed by atoms with E-state index in [1.807, 2.05) is 30.5 Å². The van der Waals surface area contributed by atoms with Crippen molar-refractivity contribution in [2.24, 2.45) is 7.05 Å². The molecule has 4 rings (SSSR count). The van der Waals surface area contributed by atoms with Crippen molar-refractivity contribution in [1.29, 1.82) is 0 Å². The molecule has 0 bridgehead atoms. The van der Waals surface area contributed by atoms with Gasteiger partial charge < -0.3 is 9.84 Å². The smallest absolute Gasteiger partial charge is 0.295 e. The summed E-state index contributed by atoms with van der Waals surface area (Å²) in [4.78, 5) is 27.1. The van der Waals surface area contributed by atoms with Crippen LogP contribution in [-0.4, -0.2) is 26.7 Å². The van der Waals surface area contributed by atoms with E-state index in [1.54, 1.807) is 44.8 Å². The minimum atomic E-state index is -0.579. The van der Waals surface area contributed by atoms with Gasteiger partial charge in [0.1, 0.15) is 17.2 Å². The van der Waals surface area contributed by atoms with Gasteiger partial charge in [0.2, 0.25) is 0 Å². The molecule has 2 aromatic carbocycles. The van der Waals surface area contributed by atoms with Gasteiger partial charge in [-0.1, -0.05) is 29.4 Å². The number of anilines is 1. The molecule has 0 fully saturated rings. The summed E-state index contributed by atoms with van der Waals surface area (Å²) in [6, 6.07) is 13.7. The second-order valence-corrected chi connectivity index (χ2v) is 8.10. The zero-order chi connectivity index (χ0) is 23.0. The fraction of sp³-hybridized carbons (Fsp3) is 0.174. The summed E-state index contributed by atoms with van der Waals surface area (Å²) in [5, 5.41) is 6.55. The van der Waals surface area contributed by atoms with Crippen LogP contribution in [0.5, 0.6) is 0 Å². The lowest BCUT2D eigenvalue weighted by molar-refractivity contribution is 0.101. The number of carbonyl (C=O) groups excluding carboxylic acids is 1. The molecule has 0 unspecified atom stereocenters. The second-order valence-electron chi connectivity index (χ2n) is 7.22. The van der Waals surface area contributed by atoms with Crippen LogP contribution < -0.4 is 10.9 Å². The summed E-state index contributed by atoms with van der Waals surface area (Å²) >= 11 is 1.63. The highest BCUT2D eigenvalue weighted by molar-refractivity contribution is 7.98. The Morgan fingerprint density at radius 2 is 1.81 bits per heavy atom. The molecule has 1 N–H and O–H groups in total. The van der Waals surface area contributed by atoms with E-state index in [9.17, 15) is 14.0 Å². The van der Waals surface area contributed by atoms with Crippen molar-refractivity contribution in [2.75, 3.05) is 11.6 Å². The predicted octanol–water partition coefficient (Wildman–Crippen LogP) is 4.56. The molecule has 0 aliphatic rings. The molecule has 0 radical (unpaired) electrons. The number of benzene rings is 2. The number of hydrogen-bond donors (Lipinski definition) is 1. The van der Waals surface area contributed by atoms with E-state index in [0.717, 1.165) is 10.5 Å². The van der Waals surface area contributed by atoms with E-state index in [1.165, 1.54) is 21.5 Å². The first-order valence-corrected chi connectivity index (χ1v) is 11.0. The number of amides is 1. The SMILES string of the molecule is CSc1ccc(-c2onc(C(=O)Nc3c(C)n(C)n(-c4ccccc4F)c3=O)c2C)cc1. The second kappa shape index (κ2) is 8.51. The Morgan fingerprint density at radius 1 is 1.12 bits per heavy atom. The van der Waals surface area contributed by atoms with E-state index in [4.69, 9.17) is 4.52 Å². The fourth-order valence-corrected chi connectivity index (χ4v) is 3.89. The van der Waals surface area contributed by atoms with Gasteiger partial charge in [-0.05, 0) is 44.4 Å². The first kappa shape index (κ1) is 21.6. The molecule has 1 amide bonds. The van der Waals surface area contributed by atoms with Crippen molar-refractivity contribution in [2.45, 2.75) is 18.7 Å². The average molecular weight is 453 g/mol. The number of hydrogen-bond acceptors (Lipinski definition) is 5. The Kier molecular flexibility index (Phi) is 5.75. The van der Waals surface area contributed by atoms with Crippen molar-refractivity contribution >= 4 is 23.4 Å². The molecule has 0 saturated carbocycles. The molecule has 32 heavy (non-hydrogen) atoms. The molecular weight excluding hydrogens is 431 g/mol. The maximum Gasteiger partial charge on any atom is 0.295 e. The van der Waals surface area contributed by atoms with Gasteiger partial charge in [0.05, 0.1) is 5.69 Å². The molecule has 0 spiro atoms. The van der Waals surface area contributed by atoms with Gasteiger partial charge in [0.25, 0.3) is 11.5 Å². The van der Waals surface area contributed by atoms with Crippen molar-refractivity contribution in [3.05, 3.63) is 81.7 Å². The standard InChI is InChI=1S/C23H21FN4O3S/c1-13-19(26-31-21(13)15-9-11-16(32-4)12-10-15)22(29)25-20-14(2)27(3)28(23(20)30)18-8-6-5-7-17(18)24/h5-12H,1-4H3,(H,25,29). The Morgan fingerprint density at radius 3 is 2.47 bits per heavy atom. The molecule has 164 valence electrons. The van der Waals surface area contributed by atoms with E-state index >= 15 is 0 Å². The van der Waals surface area contributed by atoms with Crippen LogP contribution in [0.3, 0.4) is 0 Å². The van der Waals surface area contributed by atoms with Gasteiger partial charge in [0.15, 0.2) is 11.5 Å². The van der Waals surface area contributed by atoms with Gasteiger partial charge in [-0.25, -0.2) is 9.07 Å². The van der Waals surface area contributed by atoms with Gasteiger partial charge in [0, 0.05) is 23.1 Å². The normalized spacial score (nSPS) is 11.0. The maximum atomic E-state index is 14.3. The molecular formula is C23H21FN4O3S. The van der Waals surface area contributed by atoms with E-state index in [-0.39, 0.29) is 17.1 Å². The third-order valence-corrected chi connectivity index (χ3v) is 6.11. The van der Waals surface area contributed by atoms with E-state index in [2.05, 4.69) is 10.5 Å². The first-order chi connectivity index (χ1) is 15.3. The number of para-hydroxylation sites is 1. The topological polar surface area (TPSA) is 82.1 Å². The molecule has 0 saturated heterocycles. The summed E-state index contributed by atoms with van der Waals surface area (Å²) in [5.41, 5.74) is 1.51. The van der Waals surface area contributed by atoms with Crippen LogP contribution in [0.25, 0.3) is 17.0 Å². The molecule has 0 aliphatic carbocycles. The summed E-state index contributed by atoms with van der Waals surface area (Å²) in [6.45, 7) is 3.40. The van der Waals surface area contributed by atoms with E-state index < -0.39 is 17.3 Å². The number of rotatable bonds is 5. The van der Waals surface area contributed by atoms with Crippen LogP contribution in [0, 0.1) is 19.7 Å². The zero-order valence-electron chi connectivity index (χ0n) is 18.0. The minimum Gasteiger partial charge on any atom is -0.355 e. The lowest BCUT2D eigenvalue weighted by atomic mass is 10.1. The number of halogens is 1. The van der Waals surface area contributed by atoms with Gasteiger partial charge >= 0.3 is 0 Å². The van der Waals surface area contributed by atoms with Gasteiger partial charge in [-0.2, -0.15) is 0 Å². The Balaban J connectivity index is 1.67. The van der Waals surface area contributed by atoms with Crippen molar-refractivity contribution in [1.82, 2.24) is 14.5 Å². The average Bonchev–Trinajstić information content (AvgIpc) is 3.27. The molecule has 7 nitrogen and oxygen atoms in total. The largest absolute Gasteiger partial charge is 0.355 e. The van der Waals surface area contributed by atoms with Crippen LogP contribution in [-0.2, 0) is 7.05 Å². The minimum absolute atomic E-state index is 0.0500. The summed E-state index contributed by atoms with van der Waals surface area (Å²) in [5.74, 6) is -0.640. The van der Waals surface area contributed by atoms with Gasteiger partial charge in [-0.15, -0.1) is 11.8 Å². The Bertz CT molecular complexity index is 1370. The van der Waals surface area contributed by atoms with Crippen molar-refractivity contribution in [3.63, 3.8) is 0 Å². The Labute approximate surface area is 187 Å². The monoisotopic (exact) mass is 452 g/mol. The molecule has 4 aromatic rings. The fourth-order valence-electron chi connectivity index (χ4n) is 3.48. The number of nitrogens with zero attached hydrogens (tertiary/aromatic N) is 3. The highest BCUT2D eigenvalue weighted by Crippen LogP contribution is 2.28. The van der Waals surface area contributed by atoms with Crippen molar-refractivity contribution < 1.29 is 13.7 Å². The highest BCUT2D eigenvalue weighted by atomic mass is 32.2. The summed E-state index contributed by atoms with van der Waals surface area (Å²) < 4.78 is 22.4. The quantitative estimate of drug-likeness (QED) is 0.449. The summed E-state index contributed by atoms with van der Waals surface area (Å²) in [6.07, 6.45) is 1.99. The highest BCUT2D eigenvalue weighted by Gasteiger charge is 2.24. The predicted molar refractivity (Wildman–Crippen MR) is 122 cm³/mol.